The zero-order valence-corrected chi connectivity index (χ0v) is 11.9. The number of carbonyl (C=O) groups is 2. The molecule has 0 saturated heterocycles. The summed E-state index contributed by atoms with van der Waals surface area (Å²) >= 11 is 6.29. The fraction of sp³-hybridized carbons (Fsp3) is 0.200. The summed E-state index contributed by atoms with van der Waals surface area (Å²) in [5.74, 6) is -1.90. The minimum Gasteiger partial charge on any atom is -0.478 e. The lowest BCUT2D eigenvalue weighted by atomic mass is 10.2. The Morgan fingerprint density at radius 1 is 1.35 bits per heavy atom. The Hall–Kier alpha value is -0.920. The summed E-state index contributed by atoms with van der Waals surface area (Å²) in [7, 11) is 1.34. The van der Waals surface area contributed by atoms with Crippen LogP contribution in [0, 0.1) is 0 Å². The Kier molecular flexibility index (Phi) is 5.10. The third kappa shape index (κ3) is 3.79. The number of carbonyl (C=O) groups excluding carboxylic acids is 1. The van der Waals surface area contributed by atoms with Gasteiger partial charge in [-0.15, -0.1) is 0 Å². The minimum atomic E-state index is -1.19. The van der Waals surface area contributed by atoms with Crippen LogP contribution in [0.15, 0.2) is 21.1 Å². The molecule has 7 heteroatoms. The van der Waals surface area contributed by atoms with Crippen molar-refractivity contribution in [2.45, 2.75) is 0 Å². The molecule has 0 aromatic heterocycles. The topological polar surface area (TPSA) is 72.8 Å². The normalized spacial score (nSPS) is 10.1. The lowest BCUT2D eigenvalue weighted by molar-refractivity contribution is -0.138. The molecule has 1 aromatic rings. The molecule has 92 valence electrons. The van der Waals surface area contributed by atoms with Crippen LogP contribution in [0.2, 0.25) is 0 Å². The van der Waals surface area contributed by atoms with Crippen molar-refractivity contribution < 1.29 is 24.2 Å². The average molecular weight is 368 g/mol. The van der Waals surface area contributed by atoms with Crippen LogP contribution in [0.5, 0.6) is 5.75 Å². The molecular weight excluding hydrogens is 360 g/mol. The van der Waals surface area contributed by atoms with Gasteiger partial charge in [-0.2, -0.15) is 0 Å². The number of ether oxygens (including phenoxy) is 2. The van der Waals surface area contributed by atoms with Gasteiger partial charge in [0.2, 0.25) is 0 Å². The predicted molar refractivity (Wildman–Crippen MR) is 66.3 cm³/mol. The third-order valence-corrected chi connectivity index (χ3v) is 2.76. The van der Waals surface area contributed by atoms with Gasteiger partial charge in [0.25, 0.3) is 0 Å². The molecule has 5 nitrogen and oxygen atoms in total. The van der Waals surface area contributed by atoms with Crippen LogP contribution in [-0.4, -0.2) is 30.8 Å². The van der Waals surface area contributed by atoms with E-state index in [4.69, 9.17) is 9.84 Å². The van der Waals surface area contributed by atoms with Gasteiger partial charge >= 0.3 is 11.9 Å². The Labute approximate surface area is 114 Å². The maximum absolute atomic E-state index is 11.3. The maximum Gasteiger partial charge on any atom is 0.339 e. The average Bonchev–Trinajstić information content (AvgIpc) is 2.21. The third-order valence-electron chi connectivity index (χ3n) is 1.72. The molecule has 1 N–H and O–H groups in total. The molecule has 0 spiro atoms. The maximum atomic E-state index is 11.3. The minimum absolute atomic E-state index is 0.0391. The van der Waals surface area contributed by atoms with Crippen LogP contribution in [-0.2, 0) is 9.53 Å². The number of benzene rings is 1. The molecule has 0 radical (unpaired) electrons. The first-order valence-corrected chi connectivity index (χ1v) is 5.96. The molecule has 0 aliphatic heterocycles. The molecule has 0 aliphatic carbocycles. The van der Waals surface area contributed by atoms with Gasteiger partial charge in [-0.25, -0.2) is 9.59 Å². The zero-order chi connectivity index (χ0) is 13.0. The highest BCUT2D eigenvalue weighted by Gasteiger charge is 2.18. The number of halogens is 2. The zero-order valence-electron chi connectivity index (χ0n) is 8.70. The summed E-state index contributed by atoms with van der Waals surface area (Å²) in [4.78, 5) is 22.3. The van der Waals surface area contributed by atoms with Gasteiger partial charge in [-0.1, -0.05) is 15.9 Å². The first-order valence-electron chi connectivity index (χ1n) is 4.37. The van der Waals surface area contributed by atoms with E-state index in [9.17, 15) is 9.59 Å². The molecule has 0 heterocycles. The lowest BCUT2D eigenvalue weighted by Gasteiger charge is -2.09. The molecule has 0 saturated carbocycles. The van der Waals surface area contributed by atoms with Crippen molar-refractivity contribution in [1.29, 1.82) is 0 Å². The van der Waals surface area contributed by atoms with Gasteiger partial charge in [0.1, 0.15) is 12.2 Å². The Balaban J connectivity index is 3.12. The Morgan fingerprint density at radius 2 is 2.00 bits per heavy atom. The molecule has 0 aliphatic rings. The SMILES string of the molecule is COCC(=O)Oc1c(Br)cc(Br)cc1C(=O)O. The number of esters is 1. The number of rotatable bonds is 4. The quantitative estimate of drug-likeness (QED) is 0.653. The molecule has 0 unspecified atom stereocenters. The molecule has 1 aromatic carbocycles. The van der Waals surface area contributed by atoms with Gasteiger partial charge in [-0.05, 0) is 28.1 Å². The number of hydrogen-bond donors (Lipinski definition) is 1. The van der Waals surface area contributed by atoms with E-state index in [0.29, 0.717) is 8.95 Å². The monoisotopic (exact) mass is 366 g/mol. The van der Waals surface area contributed by atoms with E-state index < -0.39 is 11.9 Å². The highest BCUT2D eigenvalue weighted by Crippen LogP contribution is 2.33. The van der Waals surface area contributed by atoms with Gasteiger partial charge in [-0.3, -0.25) is 0 Å². The largest absolute Gasteiger partial charge is 0.478 e. The smallest absolute Gasteiger partial charge is 0.339 e. The second-order valence-electron chi connectivity index (χ2n) is 2.98. The van der Waals surface area contributed by atoms with Crippen molar-refractivity contribution in [3.63, 3.8) is 0 Å². The highest BCUT2D eigenvalue weighted by molar-refractivity contribution is 9.11. The Morgan fingerprint density at radius 3 is 2.53 bits per heavy atom. The van der Waals surface area contributed by atoms with Crippen LogP contribution in [0.25, 0.3) is 0 Å². The van der Waals surface area contributed by atoms with E-state index in [2.05, 4.69) is 36.6 Å². The van der Waals surface area contributed by atoms with E-state index in [0.717, 1.165) is 0 Å². The van der Waals surface area contributed by atoms with E-state index in [1.807, 2.05) is 0 Å². The number of carboxylic acid groups (broad SMARTS) is 1. The van der Waals surface area contributed by atoms with E-state index in [1.165, 1.54) is 13.2 Å². The van der Waals surface area contributed by atoms with E-state index >= 15 is 0 Å². The van der Waals surface area contributed by atoms with Crippen LogP contribution in [0.1, 0.15) is 10.4 Å². The fourth-order valence-corrected chi connectivity index (χ4v) is 2.39. The molecule has 1 rings (SSSR count). The summed E-state index contributed by atoms with van der Waals surface area (Å²) in [5, 5.41) is 8.99. The fourth-order valence-electron chi connectivity index (χ4n) is 1.08. The number of hydrogen-bond acceptors (Lipinski definition) is 4. The number of aromatic carboxylic acids is 1. The van der Waals surface area contributed by atoms with Crippen LogP contribution < -0.4 is 4.74 Å². The molecule has 0 amide bonds. The van der Waals surface area contributed by atoms with Crippen molar-refractivity contribution in [3.05, 3.63) is 26.6 Å². The molecule has 0 fully saturated rings. The van der Waals surface area contributed by atoms with Crippen molar-refractivity contribution in [3.8, 4) is 5.75 Å². The number of carboxylic acids is 1. The van der Waals surface area contributed by atoms with E-state index in [1.54, 1.807) is 6.07 Å². The second kappa shape index (κ2) is 6.13. The summed E-state index contributed by atoms with van der Waals surface area (Å²) in [5.41, 5.74) is -0.115. The lowest BCUT2D eigenvalue weighted by Crippen LogP contribution is -2.16. The number of methoxy groups -OCH3 is 1. The first kappa shape index (κ1) is 14.1. The summed E-state index contributed by atoms with van der Waals surface area (Å²) in [6, 6.07) is 2.93. The molecule has 0 atom stereocenters. The van der Waals surface area contributed by atoms with Gasteiger partial charge in [0.05, 0.1) is 4.47 Å². The van der Waals surface area contributed by atoms with Gasteiger partial charge in [0, 0.05) is 11.6 Å². The standard InChI is InChI=1S/C10H8Br2O5/c1-16-4-8(13)17-9-6(10(14)15)2-5(11)3-7(9)12/h2-3H,4H2,1H3,(H,14,15). The summed E-state index contributed by atoms with van der Waals surface area (Å²) < 4.78 is 10.4. The summed E-state index contributed by atoms with van der Waals surface area (Å²) in [6.07, 6.45) is 0. The molecule has 17 heavy (non-hydrogen) atoms. The van der Waals surface area contributed by atoms with Crippen molar-refractivity contribution in [2.24, 2.45) is 0 Å². The van der Waals surface area contributed by atoms with Crippen LogP contribution in [0.4, 0.5) is 0 Å². The van der Waals surface area contributed by atoms with Crippen molar-refractivity contribution >= 4 is 43.8 Å². The highest BCUT2D eigenvalue weighted by atomic mass is 79.9. The van der Waals surface area contributed by atoms with Crippen molar-refractivity contribution in [1.82, 2.24) is 0 Å². The van der Waals surface area contributed by atoms with Crippen LogP contribution >= 0.6 is 31.9 Å². The molecule has 0 bridgehead atoms. The van der Waals surface area contributed by atoms with Crippen molar-refractivity contribution in [2.75, 3.05) is 13.7 Å². The van der Waals surface area contributed by atoms with Gasteiger partial charge < -0.3 is 14.6 Å². The first-order chi connectivity index (χ1) is 7.95. The van der Waals surface area contributed by atoms with Gasteiger partial charge in [0.15, 0.2) is 5.75 Å². The van der Waals surface area contributed by atoms with Crippen LogP contribution in [0.3, 0.4) is 0 Å². The van der Waals surface area contributed by atoms with E-state index in [-0.39, 0.29) is 17.9 Å². The summed E-state index contributed by atoms with van der Waals surface area (Å²) in [6.45, 7) is -0.248. The second-order valence-corrected chi connectivity index (χ2v) is 4.75. The predicted octanol–water partition coefficient (Wildman–Crippen LogP) is 2.46. The Bertz CT molecular complexity index is 458. The molecular formula is C10H8Br2O5.